The molecule has 2 N–H and O–H groups in total. The minimum atomic E-state index is -0.869. The molecule has 1 atom stereocenters. The van der Waals surface area contributed by atoms with Gasteiger partial charge in [0, 0.05) is 29.0 Å². The summed E-state index contributed by atoms with van der Waals surface area (Å²) in [6, 6.07) is 8.02. The van der Waals surface area contributed by atoms with E-state index in [9.17, 15) is 4.21 Å². The van der Waals surface area contributed by atoms with Crippen LogP contribution in [0.3, 0.4) is 0 Å². The van der Waals surface area contributed by atoms with Gasteiger partial charge in [-0.05, 0) is 19.0 Å². The van der Waals surface area contributed by atoms with Crippen LogP contribution in [-0.4, -0.2) is 26.3 Å². The quantitative estimate of drug-likeness (QED) is 0.867. The van der Waals surface area contributed by atoms with E-state index in [1.54, 1.807) is 0 Å². The van der Waals surface area contributed by atoms with Gasteiger partial charge in [-0.15, -0.1) is 0 Å². The Bertz CT molecular complexity index is 536. The number of hydrogen-bond acceptors (Lipinski definition) is 3. The lowest BCUT2D eigenvalue weighted by Crippen LogP contribution is -2.08. The van der Waals surface area contributed by atoms with Crippen molar-refractivity contribution in [1.82, 2.24) is 9.78 Å². The van der Waals surface area contributed by atoms with Crippen LogP contribution in [0.25, 0.3) is 10.9 Å². The highest BCUT2D eigenvalue weighted by atomic mass is 32.2. The molecule has 0 saturated carbocycles. The summed E-state index contributed by atoms with van der Waals surface area (Å²) in [6.45, 7) is 0.592. The van der Waals surface area contributed by atoms with Crippen molar-refractivity contribution in [2.75, 3.05) is 12.3 Å². The summed E-state index contributed by atoms with van der Waals surface area (Å²) in [7, 11) is 1.04. The fourth-order valence-electron chi connectivity index (χ4n) is 1.86. The predicted molar refractivity (Wildman–Crippen MR) is 71.1 cm³/mol. The molecule has 0 radical (unpaired) electrons. The zero-order chi connectivity index (χ0) is 12.3. The van der Waals surface area contributed by atoms with Crippen LogP contribution in [-0.2, 0) is 23.6 Å². The molecule has 1 heterocycles. The standard InChI is InChI=1S/C12H17N3OS/c1-15-12-6-3-2-5-10(12)11(14-15)9-17(16)8-4-7-13/h2-3,5-6H,4,7-9,13H2,1H3. The number of para-hydroxylation sites is 1. The number of aromatic nitrogens is 2. The third kappa shape index (κ3) is 2.73. The average molecular weight is 251 g/mol. The molecule has 17 heavy (non-hydrogen) atoms. The van der Waals surface area contributed by atoms with E-state index in [2.05, 4.69) is 5.10 Å². The van der Waals surface area contributed by atoms with Gasteiger partial charge in [-0.3, -0.25) is 8.89 Å². The lowest BCUT2D eigenvalue weighted by atomic mass is 10.2. The molecule has 0 aliphatic carbocycles. The van der Waals surface area contributed by atoms with Crippen LogP contribution >= 0.6 is 0 Å². The van der Waals surface area contributed by atoms with Crippen LogP contribution < -0.4 is 5.73 Å². The molecule has 2 aromatic rings. The lowest BCUT2D eigenvalue weighted by Gasteiger charge is -1.98. The summed E-state index contributed by atoms with van der Waals surface area (Å²) >= 11 is 0. The summed E-state index contributed by atoms with van der Waals surface area (Å²) in [6.07, 6.45) is 0.803. The summed E-state index contributed by atoms with van der Waals surface area (Å²) < 4.78 is 13.7. The number of hydrogen-bond donors (Lipinski definition) is 1. The second-order valence-corrected chi connectivity index (χ2v) is 5.59. The molecule has 0 spiro atoms. The van der Waals surface area contributed by atoms with Crippen molar-refractivity contribution >= 4 is 21.7 Å². The zero-order valence-electron chi connectivity index (χ0n) is 9.93. The van der Waals surface area contributed by atoms with Crippen molar-refractivity contribution in [3.63, 3.8) is 0 Å². The van der Waals surface area contributed by atoms with Crippen molar-refractivity contribution in [2.45, 2.75) is 12.2 Å². The van der Waals surface area contributed by atoms with Crippen molar-refractivity contribution in [3.05, 3.63) is 30.0 Å². The van der Waals surface area contributed by atoms with E-state index in [1.807, 2.05) is 36.0 Å². The van der Waals surface area contributed by atoms with E-state index in [0.717, 1.165) is 23.0 Å². The first-order valence-corrected chi connectivity index (χ1v) is 7.17. The number of fused-ring (bicyclic) bond motifs is 1. The number of nitrogens with two attached hydrogens (primary N) is 1. The van der Waals surface area contributed by atoms with Crippen molar-refractivity contribution in [3.8, 4) is 0 Å². The molecule has 92 valence electrons. The molecule has 1 aromatic heterocycles. The van der Waals surface area contributed by atoms with Gasteiger partial charge >= 0.3 is 0 Å². The molecule has 0 saturated heterocycles. The highest BCUT2D eigenvalue weighted by Gasteiger charge is 2.10. The van der Waals surface area contributed by atoms with Gasteiger partial charge in [-0.2, -0.15) is 5.10 Å². The van der Waals surface area contributed by atoms with E-state index < -0.39 is 10.8 Å². The maximum Gasteiger partial charge on any atom is 0.0827 e. The zero-order valence-corrected chi connectivity index (χ0v) is 10.7. The van der Waals surface area contributed by atoms with Crippen LogP contribution in [0.1, 0.15) is 12.1 Å². The molecule has 4 nitrogen and oxygen atoms in total. The maximum atomic E-state index is 11.8. The Kier molecular flexibility index (Phi) is 3.91. The Morgan fingerprint density at radius 1 is 1.41 bits per heavy atom. The topological polar surface area (TPSA) is 60.9 Å². The van der Waals surface area contributed by atoms with Gasteiger partial charge in [-0.25, -0.2) is 0 Å². The highest BCUT2D eigenvalue weighted by molar-refractivity contribution is 7.84. The van der Waals surface area contributed by atoms with Crippen LogP contribution in [0.4, 0.5) is 0 Å². The summed E-state index contributed by atoms with van der Waals surface area (Å²) in [4.78, 5) is 0. The highest BCUT2D eigenvalue weighted by Crippen LogP contribution is 2.18. The predicted octanol–water partition coefficient (Wildman–Crippen LogP) is 1.17. The second kappa shape index (κ2) is 5.42. The van der Waals surface area contributed by atoms with Gasteiger partial charge in [0.05, 0.1) is 17.0 Å². The van der Waals surface area contributed by atoms with E-state index >= 15 is 0 Å². The van der Waals surface area contributed by atoms with Gasteiger partial charge in [0.25, 0.3) is 0 Å². The fourth-order valence-corrected chi connectivity index (χ4v) is 3.02. The number of aryl methyl sites for hydroxylation is 1. The SMILES string of the molecule is Cn1nc(CS(=O)CCCN)c2ccccc21. The van der Waals surface area contributed by atoms with Gasteiger partial charge in [-0.1, -0.05) is 18.2 Å². The Morgan fingerprint density at radius 3 is 2.94 bits per heavy atom. The minimum absolute atomic E-state index is 0.515. The molecular weight excluding hydrogens is 234 g/mol. The molecule has 5 heteroatoms. The largest absolute Gasteiger partial charge is 0.330 e. The van der Waals surface area contributed by atoms with Crippen LogP contribution in [0.5, 0.6) is 0 Å². The molecular formula is C12H17N3OS. The van der Waals surface area contributed by atoms with E-state index in [-0.39, 0.29) is 0 Å². The van der Waals surface area contributed by atoms with Gasteiger partial charge < -0.3 is 5.73 Å². The maximum absolute atomic E-state index is 11.8. The van der Waals surface area contributed by atoms with Gasteiger partial charge in [0.2, 0.25) is 0 Å². The first kappa shape index (κ1) is 12.3. The van der Waals surface area contributed by atoms with Crippen molar-refractivity contribution in [1.29, 1.82) is 0 Å². The molecule has 1 aromatic carbocycles. The van der Waals surface area contributed by atoms with Gasteiger partial charge in [0.1, 0.15) is 0 Å². The molecule has 0 amide bonds. The van der Waals surface area contributed by atoms with E-state index in [0.29, 0.717) is 18.1 Å². The third-order valence-electron chi connectivity index (χ3n) is 2.71. The summed E-state index contributed by atoms with van der Waals surface area (Å²) in [5.41, 5.74) is 7.41. The lowest BCUT2D eigenvalue weighted by molar-refractivity contribution is 0.678. The average Bonchev–Trinajstić information content (AvgIpc) is 2.65. The Balaban J connectivity index is 2.21. The molecule has 1 unspecified atom stereocenters. The minimum Gasteiger partial charge on any atom is -0.330 e. The van der Waals surface area contributed by atoms with Crippen LogP contribution in [0.2, 0.25) is 0 Å². The third-order valence-corrected chi connectivity index (χ3v) is 4.05. The summed E-state index contributed by atoms with van der Waals surface area (Å²) in [5, 5.41) is 5.52. The molecule has 0 bridgehead atoms. The first-order chi connectivity index (χ1) is 8.22. The Hall–Kier alpha value is -1.20. The van der Waals surface area contributed by atoms with Crippen LogP contribution in [0.15, 0.2) is 24.3 Å². The molecule has 2 rings (SSSR count). The number of nitrogens with zero attached hydrogens (tertiary/aromatic N) is 2. The first-order valence-electron chi connectivity index (χ1n) is 5.68. The normalized spacial score (nSPS) is 13.1. The molecule has 0 aliphatic heterocycles. The monoisotopic (exact) mass is 251 g/mol. The second-order valence-electron chi connectivity index (χ2n) is 4.02. The number of benzene rings is 1. The number of rotatable bonds is 5. The fraction of sp³-hybridized carbons (Fsp3) is 0.417. The van der Waals surface area contributed by atoms with Gasteiger partial charge in [0.15, 0.2) is 0 Å². The Morgan fingerprint density at radius 2 is 2.18 bits per heavy atom. The molecule has 0 aliphatic rings. The molecule has 0 fully saturated rings. The van der Waals surface area contributed by atoms with Crippen molar-refractivity contribution < 1.29 is 4.21 Å². The van der Waals surface area contributed by atoms with E-state index in [1.165, 1.54) is 0 Å². The van der Waals surface area contributed by atoms with E-state index in [4.69, 9.17) is 5.73 Å². The summed E-state index contributed by atoms with van der Waals surface area (Å²) in [5.74, 6) is 1.17. The van der Waals surface area contributed by atoms with Crippen LogP contribution in [0, 0.1) is 0 Å². The smallest absolute Gasteiger partial charge is 0.0827 e. The Labute approximate surface area is 103 Å². The van der Waals surface area contributed by atoms with Crippen molar-refractivity contribution in [2.24, 2.45) is 12.8 Å².